The van der Waals surface area contributed by atoms with Crippen LogP contribution < -0.4 is 5.32 Å². The molecule has 0 fully saturated rings. The summed E-state index contributed by atoms with van der Waals surface area (Å²) in [5.74, 6) is 0.107. The van der Waals surface area contributed by atoms with Gasteiger partial charge in [-0.3, -0.25) is 9.78 Å². The maximum atomic E-state index is 11.9. The summed E-state index contributed by atoms with van der Waals surface area (Å²) in [6.07, 6.45) is 4.68. The number of aromatic nitrogens is 1. The van der Waals surface area contributed by atoms with Gasteiger partial charge in [0.15, 0.2) is 5.78 Å². The van der Waals surface area contributed by atoms with Gasteiger partial charge in [-0.1, -0.05) is 0 Å². The number of hydrogen-bond acceptors (Lipinski definition) is 4. The summed E-state index contributed by atoms with van der Waals surface area (Å²) in [5, 5.41) is 12.3. The number of carbonyl (C=O) groups excluding carboxylic acids is 1. The van der Waals surface area contributed by atoms with Crippen LogP contribution >= 0.6 is 0 Å². The first kappa shape index (κ1) is 12.8. The lowest BCUT2D eigenvalue weighted by Crippen LogP contribution is -2.01. The fourth-order valence-corrected chi connectivity index (χ4v) is 1.60. The standard InChI is InChI=1S/C15H14N2O2/c1-11(17-13-4-6-14(18)7-5-13)9-15(19)12-3-2-8-16-10-12/h2-10,17-18H,1H3/b11-9-. The van der Waals surface area contributed by atoms with E-state index in [-0.39, 0.29) is 11.5 Å². The van der Waals surface area contributed by atoms with Gasteiger partial charge in [0.1, 0.15) is 5.75 Å². The molecule has 2 aromatic rings. The molecule has 0 bridgehead atoms. The predicted octanol–water partition coefficient (Wildman–Crippen LogP) is 2.99. The van der Waals surface area contributed by atoms with Crippen molar-refractivity contribution in [1.29, 1.82) is 0 Å². The molecule has 96 valence electrons. The van der Waals surface area contributed by atoms with Crippen LogP contribution in [0.4, 0.5) is 5.69 Å². The van der Waals surface area contributed by atoms with E-state index in [1.54, 1.807) is 49.5 Å². The SMILES string of the molecule is C/C(=C/C(=O)c1cccnc1)Nc1ccc(O)cc1. The number of ketones is 1. The van der Waals surface area contributed by atoms with Crippen molar-refractivity contribution in [3.8, 4) is 5.75 Å². The summed E-state index contributed by atoms with van der Waals surface area (Å²) >= 11 is 0. The molecule has 0 aliphatic rings. The lowest BCUT2D eigenvalue weighted by molar-refractivity contribution is 0.104. The van der Waals surface area contributed by atoms with E-state index in [2.05, 4.69) is 10.3 Å². The lowest BCUT2D eigenvalue weighted by Gasteiger charge is -2.06. The van der Waals surface area contributed by atoms with E-state index in [4.69, 9.17) is 0 Å². The quantitative estimate of drug-likeness (QED) is 0.500. The Morgan fingerprint density at radius 2 is 2.00 bits per heavy atom. The van der Waals surface area contributed by atoms with Crippen molar-refractivity contribution in [1.82, 2.24) is 4.98 Å². The highest BCUT2D eigenvalue weighted by Gasteiger charge is 2.02. The van der Waals surface area contributed by atoms with Crippen LogP contribution in [0.1, 0.15) is 17.3 Å². The third-order valence-electron chi connectivity index (χ3n) is 2.50. The zero-order valence-corrected chi connectivity index (χ0v) is 10.5. The maximum absolute atomic E-state index is 11.9. The average molecular weight is 254 g/mol. The Balaban J connectivity index is 2.07. The molecule has 0 radical (unpaired) electrons. The molecular weight excluding hydrogens is 240 g/mol. The molecule has 0 saturated carbocycles. The molecule has 0 aliphatic carbocycles. The van der Waals surface area contributed by atoms with Gasteiger partial charge in [0.2, 0.25) is 0 Å². The van der Waals surface area contributed by atoms with Crippen LogP contribution in [-0.2, 0) is 0 Å². The van der Waals surface area contributed by atoms with Gasteiger partial charge in [-0.15, -0.1) is 0 Å². The Labute approximate surface area is 111 Å². The summed E-state index contributed by atoms with van der Waals surface area (Å²) in [4.78, 5) is 15.8. The van der Waals surface area contributed by atoms with Crippen molar-refractivity contribution in [2.24, 2.45) is 0 Å². The second kappa shape index (κ2) is 5.82. The zero-order chi connectivity index (χ0) is 13.7. The molecule has 0 unspecified atom stereocenters. The van der Waals surface area contributed by atoms with Crippen molar-refractivity contribution in [3.63, 3.8) is 0 Å². The van der Waals surface area contributed by atoms with Crippen LogP contribution in [0.25, 0.3) is 0 Å². The number of carbonyl (C=O) groups is 1. The van der Waals surface area contributed by atoms with Crippen LogP contribution in [-0.4, -0.2) is 15.9 Å². The van der Waals surface area contributed by atoms with E-state index in [1.165, 1.54) is 12.3 Å². The molecule has 0 spiro atoms. The topological polar surface area (TPSA) is 62.2 Å². The number of hydrogen-bond donors (Lipinski definition) is 2. The zero-order valence-electron chi connectivity index (χ0n) is 10.5. The van der Waals surface area contributed by atoms with E-state index in [1.807, 2.05) is 0 Å². The molecule has 1 aromatic carbocycles. The number of phenolic OH excluding ortho intramolecular Hbond substituents is 1. The van der Waals surface area contributed by atoms with Crippen molar-refractivity contribution >= 4 is 11.5 Å². The fraction of sp³-hybridized carbons (Fsp3) is 0.0667. The number of benzene rings is 1. The van der Waals surface area contributed by atoms with Crippen molar-refractivity contribution in [2.75, 3.05) is 5.32 Å². The van der Waals surface area contributed by atoms with Crippen molar-refractivity contribution in [3.05, 3.63) is 66.1 Å². The highest BCUT2D eigenvalue weighted by Crippen LogP contribution is 2.15. The number of rotatable bonds is 4. The van der Waals surface area contributed by atoms with Gasteiger partial charge in [0.05, 0.1) is 0 Å². The Morgan fingerprint density at radius 3 is 2.63 bits per heavy atom. The summed E-state index contributed by atoms with van der Waals surface area (Å²) in [7, 11) is 0. The normalized spacial score (nSPS) is 11.1. The molecule has 19 heavy (non-hydrogen) atoms. The Bertz CT molecular complexity index is 589. The van der Waals surface area contributed by atoms with Gasteiger partial charge in [0.25, 0.3) is 0 Å². The van der Waals surface area contributed by atoms with Gasteiger partial charge in [0, 0.05) is 35.4 Å². The highest BCUT2D eigenvalue weighted by atomic mass is 16.3. The number of aromatic hydroxyl groups is 1. The van der Waals surface area contributed by atoms with Crippen LogP contribution in [0, 0.1) is 0 Å². The third kappa shape index (κ3) is 3.67. The smallest absolute Gasteiger partial charge is 0.189 e. The molecule has 0 amide bonds. The van der Waals surface area contributed by atoms with Crippen LogP contribution in [0.5, 0.6) is 5.75 Å². The summed E-state index contributed by atoms with van der Waals surface area (Å²) in [5.41, 5.74) is 2.08. The van der Waals surface area contributed by atoms with Gasteiger partial charge in [-0.25, -0.2) is 0 Å². The van der Waals surface area contributed by atoms with Crippen molar-refractivity contribution < 1.29 is 9.90 Å². The molecule has 1 heterocycles. The van der Waals surface area contributed by atoms with Crippen LogP contribution in [0.15, 0.2) is 60.6 Å². The molecule has 0 atom stereocenters. The van der Waals surface area contributed by atoms with Crippen LogP contribution in [0.3, 0.4) is 0 Å². The van der Waals surface area contributed by atoms with E-state index in [9.17, 15) is 9.90 Å². The molecular formula is C15H14N2O2. The summed E-state index contributed by atoms with van der Waals surface area (Å²) in [6, 6.07) is 10.1. The van der Waals surface area contributed by atoms with Gasteiger partial charge in [-0.2, -0.15) is 0 Å². The Hall–Kier alpha value is -2.62. The van der Waals surface area contributed by atoms with E-state index < -0.39 is 0 Å². The molecule has 0 saturated heterocycles. The van der Waals surface area contributed by atoms with Gasteiger partial charge >= 0.3 is 0 Å². The largest absolute Gasteiger partial charge is 0.508 e. The maximum Gasteiger partial charge on any atom is 0.189 e. The predicted molar refractivity (Wildman–Crippen MR) is 74.1 cm³/mol. The number of anilines is 1. The molecule has 0 aliphatic heterocycles. The first-order chi connectivity index (χ1) is 9.15. The minimum atomic E-state index is -0.100. The summed E-state index contributed by atoms with van der Waals surface area (Å²) < 4.78 is 0. The third-order valence-corrected chi connectivity index (χ3v) is 2.50. The van der Waals surface area contributed by atoms with Crippen LogP contribution in [0.2, 0.25) is 0 Å². The molecule has 4 nitrogen and oxygen atoms in total. The molecule has 2 rings (SSSR count). The first-order valence-corrected chi connectivity index (χ1v) is 5.84. The Morgan fingerprint density at radius 1 is 1.26 bits per heavy atom. The number of phenols is 1. The van der Waals surface area contributed by atoms with Gasteiger partial charge < -0.3 is 10.4 Å². The Kier molecular flexibility index (Phi) is 3.93. The highest BCUT2D eigenvalue weighted by molar-refractivity contribution is 6.04. The average Bonchev–Trinajstić information content (AvgIpc) is 2.42. The monoisotopic (exact) mass is 254 g/mol. The van der Waals surface area contributed by atoms with E-state index >= 15 is 0 Å². The molecule has 1 aromatic heterocycles. The lowest BCUT2D eigenvalue weighted by atomic mass is 10.1. The van der Waals surface area contributed by atoms with E-state index in [0.29, 0.717) is 5.56 Å². The van der Waals surface area contributed by atoms with Crippen molar-refractivity contribution in [2.45, 2.75) is 6.92 Å². The number of nitrogens with zero attached hydrogens (tertiary/aromatic N) is 1. The number of pyridine rings is 1. The number of nitrogens with one attached hydrogen (secondary N) is 1. The van der Waals surface area contributed by atoms with Gasteiger partial charge in [-0.05, 0) is 43.3 Å². The minimum absolute atomic E-state index is 0.100. The number of allylic oxidation sites excluding steroid dienone is 2. The summed E-state index contributed by atoms with van der Waals surface area (Å²) in [6.45, 7) is 1.81. The fourth-order valence-electron chi connectivity index (χ4n) is 1.60. The first-order valence-electron chi connectivity index (χ1n) is 5.84. The minimum Gasteiger partial charge on any atom is -0.508 e. The second-order valence-electron chi connectivity index (χ2n) is 4.11. The van der Waals surface area contributed by atoms with E-state index in [0.717, 1.165) is 11.4 Å². The molecule has 2 N–H and O–H groups in total. The molecule has 4 heteroatoms. The second-order valence-corrected chi connectivity index (χ2v) is 4.11.